The minimum Gasteiger partial charge on any atom is -0.310 e. The molecule has 8 nitrogen and oxygen atoms in total. The molecule has 0 aliphatic carbocycles. The van der Waals surface area contributed by atoms with Gasteiger partial charge in [0.25, 0.3) is 0 Å². The highest BCUT2D eigenvalue weighted by Gasteiger charge is 2.36. The molecule has 0 aliphatic heterocycles. The second-order valence-electron chi connectivity index (χ2n) is 40.7. The fourth-order valence-electron chi connectivity index (χ4n) is 25.5. The van der Waals surface area contributed by atoms with Gasteiger partial charge in [0.2, 0.25) is 0 Å². The van der Waals surface area contributed by atoms with E-state index in [-0.39, 0.29) is 0 Å². The van der Waals surface area contributed by atoms with Gasteiger partial charge in [0.1, 0.15) is 0 Å². The third-order valence-electron chi connectivity index (χ3n) is 31.7. The second kappa shape index (κ2) is 33.4. The highest BCUT2D eigenvalue weighted by atomic mass is 15.2. The van der Waals surface area contributed by atoms with E-state index in [9.17, 15) is 0 Å². The molecular weight excluding hydrogens is 1790 g/mol. The van der Waals surface area contributed by atoms with Crippen molar-refractivity contribution in [2.45, 2.75) is 55.4 Å². The molecule has 8 heteroatoms. The Hall–Kier alpha value is -18.8. The third kappa shape index (κ3) is 12.9. The molecule has 0 unspecified atom stereocenters. The normalized spacial score (nSPS) is 12.1. The predicted molar refractivity (Wildman–Crippen MR) is 630 cm³/mol. The molecule has 8 heterocycles. The summed E-state index contributed by atoms with van der Waals surface area (Å²) in [5, 5.41) is 20.0. The van der Waals surface area contributed by atoms with Crippen molar-refractivity contribution in [2.24, 2.45) is 0 Å². The lowest BCUT2D eigenvalue weighted by Gasteiger charge is -2.27. The topological polar surface area (TPSA) is 30.6 Å². The molecule has 0 bridgehead atoms. The number of hydrogen-bond donors (Lipinski definition) is 0. The maximum Gasteiger partial charge on any atom is 0.0634 e. The van der Waals surface area contributed by atoms with E-state index in [4.69, 9.17) is 0 Å². The fraction of sp³-hybridized carbons (Fsp3) is 0.0571. The monoisotopic (exact) mass is 1890 g/mol. The van der Waals surface area contributed by atoms with E-state index in [2.05, 4.69) is 554 Å². The Labute approximate surface area is 857 Å². The van der Waals surface area contributed by atoms with Crippen molar-refractivity contribution < 1.29 is 0 Å². The molecule has 0 saturated heterocycles. The molecule has 30 rings (SSSR count). The number of nitrogens with zero attached hydrogens (tertiary/aromatic N) is 8. The van der Waals surface area contributed by atoms with Crippen LogP contribution in [-0.2, 0) is 0 Å². The number of fused-ring (bicyclic) bond motifs is 24. The zero-order chi connectivity index (χ0) is 98.7. The van der Waals surface area contributed by atoms with E-state index in [0.29, 0.717) is 0 Å². The molecule has 8 aromatic heterocycles. The van der Waals surface area contributed by atoms with Crippen LogP contribution in [0.25, 0.3) is 197 Å². The molecule has 0 N–H and O–H groups in total. The van der Waals surface area contributed by atoms with Gasteiger partial charge in [-0.1, -0.05) is 351 Å². The van der Waals surface area contributed by atoms with Crippen molar-refractivity contribution in [2.75, 3.05) is 19.6 Å². The molecule has 0 aliphatic rings. The Bertz CT molecular complexity index is 9970. The standard InChI is InChI=1S/2C70H50N4/c1-43-31-37-59(45(3)39-43)71(49-23-13-7-14-24-49)51-33-35-53-55-27-17-29-57-65-64(48-21-11-6-12-22-48)70-66(63(47-19-9-5-10-20-47)69(65)73(67(55)57)61(53)41-51)58-30-18-28-56-54-36-34-52(42-62(54)74(70)68(56)58)72(50-25-15-8-16-26-50)60-38-32-44(2)40-46(60)4;1-43-31-33-45(3)59(39-43)71(49-23-13-7-14-24-49)51-35-37-53-55-27-17-29-57-65-64(48-21-11-6-12-22-48)70-66(63(47-19-9-5-10-20-47)69(65)73(67(55)57)61(53)41-51)58-30-18-28-56-54-38-36-52(42-62(54)74(70)68(56)58)72(50-25-15-8-16-26-50)60-40-44(2)32-34-46(60)4/h2*5-42H,1-4H3. The van der Waals surface area contributed by atoms with Crippen molar-refractivity contribution >= 4 is 221 Å². The summed E-state index contributed by atoms with van der Waals surface area (Å²) in [6, 6.07) is 172. The van der Waals surface area contributed by atoms with Gasteiger partial charge in [-0.2, -0.15) is 0 Å². The molecule has 0 fully saturated rings. The highest BCUT2D eigenvalue weighted by Crippen LogP contribution is 2.59. The van der Waals surface area contributed by atoms with Gasteiger partial charge in [0, 0.05) is 177 Å². The molecular formula is C140H100N8. The largest absolute Gasteiger partial charge is 0.310 e. The first-order chi connectivity index (χ1) is 72.8. The molecule has 148 heavy (non-hydrogen) atoms. The van der Waals surface area contributed by atoms with Gasteiger partial charge >= 0.3 is 0 Å². The summed E-state index contributed by atoms with van der Waals surface area (Å²) in [6.07, 6.45) is 0. The van der Waals surface area contributed by atoms with E-state index in [0.717, 1.165) is 45.5 Å². The molecule has 0 amide bonds. The van der Waals surface area contributed by atoms with E-state index in [1.54, 1.807) is 0 Å². The second-order valence-corrected chi connectivity index (χ2v) is 40.7. The quantitative estimate of drug-likeness (QED) is 0.0965. The highest BCUT2D eigenvalue weighted by molar-refractivity contribution is 6.41. The summed E-state index contributed by atoms with van der Waals surface area (Å²) in [7, 11) is 0. The Morgan fingerprint density at radius 1 is 0.142 bits per heavy atom. The summed E-state index contributed by atoms with van der Waals surface area (Å²) in [4.78, 5) is 9.73. The predicted octanol–water partition coefficient (Wildman–Crippen LogP) is 39.0. The number of para-hydroxylation sites is 8. The van der Waals surface area contributed by atoms with E-state index in [1.807, 2.05) is 0 Å². The third-order valence-corrected chi connectivity index (χ3v) is 31.7. The minimum atomic E-state index is 1.11. The van der Waals surface area contributed by atoms with Crippen LogP contribution in [-0.4, -0.2) is 17.6 Å². The average Bonchev–Trinajstić information content (AvgIpc) is 1.50. The molecule has 0 atom stereocenters. The molecule has 700 valence electrons. The van der Waals surface area contributed by atoms with E-state index >= 15 is 0 Å². The number of aromatic nitrogens is 4. The van der Waals surface area contributed by atoms with Crippen LogP contribution in [0.15, 0.2) is 461 Å². The van der Waals surface area contributed by atoms with Crippen molar-refractivity contribution in [1.29, 1.82) is 0 Å². The first kappa shape index (κ1) is 86.0. The van der Waals surface area contributed by atoms with Crippen LogP contribution in [0.1, 0.15) is 44.5 Å². The van der Waals surface area contributed by atoms with E-state index in [1.165, 1.54) is 264 Å². The van der Waals surface area contributed by atoms with Crippen LogP contribution in [0.5, 0.6) is 0 Å². The number of hydrogen-bond acceptors (Lipinski definition) is 4. The number of benzene rings is 22. The average molecular weight is 1890 g/mol. The van der Waals surface area contributed by atoms with Gasteiger partial charge < -0.3 is 37.2 Å². The van der Waals surface area contributed by atoms with Gasteiger partial charge in [0.05, 0.1) is 66.2 Å². The van der Waals surface area contributed by atoms with E-state index < -0.39 is 0 Å². The SMILES string of the molecule is Cc1ccc(C)c(N(c2ccccc2)c2ccc3c4cccc5c6c(-c7ccccc7)c7c(c(-c8ccccc8)c6n(c3c2)c45)c2cccc3c4ccc(N(c5ccccc5)c5cc(C)ccc5C)cc4n7c32)c1.Cc1ccc(N(c2ccccc2)c2ccc3c4cccc5c6c(-c7ccccc7)c7c(c(-c8ccccc8)c6n(c3c2)c45)c2cccc3c4ccc(N(c5ccccc5)c5ccc(C)cc5C)cc4n7c32)c(C)c1. The van der Waals surface area contributed by atoms with Crippen LogP contribution < -0.4 is 19.6 Å². The Morgan fingerprint density at radius 3 is 0.601 bits per heavy atom. The number of rotatable bonds is 16. The van der Waals surface area contributed by atoms with Crippen LogP contribution in [0, 0.1) is 55.4 Å². The number of anilines is 12. The Morgan fingerprint density at radius 2 is 0.358 bits per heavy atom. The van der Waals surface area contributed by atoms with Crippen molar-refractivity contribution in [1.82, 2.24) is 17.6 Å². The van der Waals surface area contributed by atoms with Gasteiger partial charge in [-0.3, -0.25) is 0 Å². The number of aryl methyl sites for hydroxylation is 8. The van der Waals surface area contributed by atoms with Gasteiger partial charge in [-0.25, -0.2) is 0 Å². The zero-order valence-electron chi connectivity index (χ0n) is 83.5. The van der Waals surface area contributed by atoms with Crippen molar-refractivity contribution in [3.05, 3.63) is 506 Å². The maximum atomic E-state index is 2.63. The minimum absolute atomic E-state index is 1.11. The molecule has 22 aromatic carbocycles. The first-order valence-corrected chi connectivity index (χ1v) is 51.5. The molecule has 0 spiro atoms. The summed E-state index contributed by atoms with van der Waals surface area (Å²) in [5.41, 5.74) is 47.9. The van der Waals surface area contributed by atoms with Gasteiger partial charge in [-0.05, 0) is 232 Å². The Kier molecular flexibility index (Phi) is 19.4. The smallest absolute Gasteiger partial charge is 0.0634 e. The van der Waals surface area contributed by atoms with Gasteiger partial charge in [-0.15, -0.1) is 0 Å². The lowest BCUT2D eigenvalue weighted by Crippen LogP contribution is -2.11. The Balaban J connectivity index is 0.000000140. The lowest BCUT2D eigenvalue weighted by molar-refractivity contribution is 1.24. The van der Waals surface area contributed by atoms with Crippen molar-refractivity contribution in [3.8, 4) is 44.5 Å². The summed E-state index contributed by atoms with van der Waals surface area (Å²) in [5.74, 6) is 0. The fourth-order valence-corrected chi connectivity index (χ4v) is 25.5. The molecule has 30 aromatic rings. The summed E-state index contributed by atoms with van der Waals surface area (Å²) < 4.78 is 10.5. The zero-order valence-corrected chi connectivity index (χ0v) is 83.5. The molecule has 0 saturated carbocycles. The maximum absolute atomic E-state index is 2.63. The first-order valence-electron chi connectivity index (χ1n) is 51.5. The van der Waals surface area contributed by atoms with Crippen molar-refractivity contribution in [3.63, 3.8) is 0 Å². The van der Waals surface area contributed by atoms with Crippen LogP contribution >= 0.6 is 0 Å². The van der Waals surface area contributed by atoms with Crippen LogP contribution in [0.3, 0.4) is 0 Å². The summed E-state index contributed by atoms with van der Waals surface area (Å²) in [6.45, 7) is 17.6. The van der Waals surface area contributed by atoms with Gasteiger partial charge in [0.15, 0.2) is 0 Å². The summed E-state index contributed by atoms with van der Waals surface area (Å²) >= 11 is 0. The molecule has 0 radical (unpaired) electrons. The van der Waals surface area contributed by atoms with Crippen LogP contribution in [0.2, 0.25) is 0 Å². The van der Waals surface area contributed by atoms with Crippen LogP contribution in [0.4, 0.5) is 68.2 Å². The lowest BCUT2D eigenvalue weighted by atomic mass is 9.89.